The van der Waals surface area contributed by atoms with Crippen LogP contribution in [0.15, 0.2) is 10.2 Å². The number of hydrogen-bond acceptors (Lipinski definition) is 2. The first-order valence-electron chi connectivity index (χ1n) is 14.1. The minimum atomic E-state index is 1.19. The van der Waals surface area contributed by atoms with Crippen molar-refractivity contribution in [2.24, 2.45) is 10.2 Å². The van der Waals surface area contributed by atoms with Crippen molar-refractivity contribution in [2.75, 3.05) is 0 Å². The summed E-state index contributed by atoms with van der Waals surface area (Å²) in [5.41, 5.74) is 2.80. The normalized spacial score (nSPS) is 23.7. The van der Waals surface area contributed by atoms with Crippen LogP contribution >= 0.6 is 0 Å². The van der Waals surface area contributed by atoms with Crippen molar-refractivity contribution in [3.8, 4) is 0 Å². The minimum Gasteiger partial charge on any atom is -0.160 e. The summed E-state index contributed by atoms with van der Waals surface area (Å²) in [5.74, 6) is 0. The minimum absolute atomic E-state index is 1.19. The number of hydrogen-bond donors (Lipinski definition) is 0. The van der Waals surface area contributed by atoms with E-state index in [-0.39, 0.29) is 0 Å². The second-order valence-electron chi connectivity index (χ2n) is 10.1. The molecule has 2 nitrogen and oxygen atoms in total. The van der Waals surface area contributed by atoms with Gasteiger partial charge in [0.2, 0.25) is 0 Å². The van der Waals surface area contributed by atoms with Gasteiger partial charge in [0.05, 0.1) is 0 Å². The van der Waals surface area contributed by atoms with E-state index in [4.69, 9.17) is 10.2 Å². The molecule has 2 rings (SSSR count). The van der Waals surface area contributed by atoms with Crippen LogP contribution in [-0.2, 0) is 0 Å². The molecular weight excluding hydrogens is 364 g/mol. The Bertz CT molecular complexity index is 378. The molecule has 2 aliphatic rings. The Morgan fingerprint density at radius 1 is 0.233 bits per heavy atom. The smallest absolute Gasteiger partial charge is 0.0405 e. The van der Waals surface area contributed by atoms with Crippen molar-refractivity contribution < 1.29 is 0 Å². The molecule has 0 aliphatic heterocycles. The van der Waals surface area contributed by atoms with Crippen molar-refractivity contribution in [2.45, 2.75) is 167 Å². The molecule has 0 heterocycles. The molecule has 2 aliphatic carbocycles. The predicted molar refractivity (Wildman–Crippen MR) is 135 cm³/mol. The quantitative estimate of drug-likeness (QED) is 0.380. The highest BCUT2D eigenvalue weighted by Crippen LogP contribution is 2.18. The van der Waals surface area contributed by atoms with Crippen molar-refractivity contribution >= 4 is 11.4 Å². The first kappa shape index (κ1) is 25.6. The second kappa shape index (κ2) is 19.1. The Kier molecular flexibility index (Phi) is 16.3. The van der Waals surface area contributed by atoms with Crippen LogP contribution < -0.4 is 0 Å². The lowest BCUT2D eigenvalue weighted by Crippen LogP contribution is -2.02. The van der Waals surface area contributed by atoms with Gasteiger partial charge in [-0.1, -0.05) is 116 Å². The monoisotopic (exact) mass is 416 g/mol. The summed E-state index contributed by atoms with van der Waals surface area (Å²) in [6.45, 7) is 0. The Morgan fingerprint density at radius 2 is 0.400 bits per heavy atom. The van der Waals surface area contributed by atoms with Crippen LogP contribution in [0.25, 0.3) is 0 Å². The molecule has 30 heavy (non-hydrogen) atoms. The molecule has 2 heteroatoms. The summed E-state index contributed by atoms with van der Waals surface area (Å²) < 4.78 is 0. The Hall–Kier alpha value is -0.660. The van der Waals surface area contributed by atoms with E-state index in [0.29, 0.717) is 0 Å². The summed E-state index contributed by atoms with van der Waals surface area (Å²) in [6, 6.07) is 0. The van der Waals surface area contributed by atoms with Crippen molar-refractivity contribution in [1.82, 2.24) is 0 Å². The van der Waals surface area contributed by atoms with E-state index in [1.165, 1.54) is 178 Å². The van der Waals surface area contributed by atoms with Gasteiger partial charge >= 0.3 is 0 Å². The van der Waals surface area contributed by atoms with E-state index in [2.05, 4.69) is 0 Å². The molecule has 0 aromatic carbocycles. The Balaban J connectivity index is 1.87. The average Bonchev–Trinajstić information content (AvgIpc) is 2.76. The molecule has 174 valence electrons. The largest absolute Gasteiger partial charge is 0.160 e. The Morgan fingerprint density at radius 3 is 0.600 bits per heavy atom. The van der Waals surface area contributed by atoms with Crippen LogP contribution in [0.4, 0.5) is 0 Å². The van der Waals surface area contributed by atoms with Crippen molar-refractivity contribution in [3.05, 3.63) is 0 Å². The third-order valence-corrected chi connectivity index (χ3v) is 7.19. The van der Waals surface area contributed by atoms with Gasteiger partial charge in [-0.25, -0.2) is 0 Å². The van der Waals surface area contributed by atoms with Crippen LogP contribution in [0.3, 0.4) is 0 Å². The third-order valence-electron chi connectivity index (χ3n) is 7.19. The maximum absolute atomic E-state index is 4.88. The lowest BCUT2D eigenvalue weighted by Gasteiger charge is -2.10. The molecule has 0 radical (unpaired) electrons. The van der Waals surface area contributed by atoms with E-state index >= 15 is 0 Å². The first-order valence-corrected chi connectivity index (χ1v) is 14.1. The van der Waals surface area contributed by atoms with Gasteiger partial charge in [-0.05, 0) is 51.4 Å². The molecule has 0 N–H and O–H groups in total. The van der Waals surface area contributed by atoms with Gasteiger partial charge in [-0.2, -0.15) is 10.2 Å². The summed E-state index contributed by atoms with van der Waals surface area (Å²) in [5, 5.41) is 9.77. The van der Waals surface area contributed by atoms with Gasteiger partial charge in [-0.15, -0.1) is 0 Å². The fourth-order valence-corrected chi connectivity index (χ4v) is 5.09. The van der Waals surface area contributed by atoms with Gasteiger partial charge in [0.1, 0.15) is 0 Å². The topological polar surface area (TPSA) is 24.7 Å². The highest BCUT2D eigenvalue weighted by molar-refractivity contribution is 5.88. The average molecular weight is 417 g/mol. The number of rotatable bonds is 1. The molecule has 0 saturated heterocycles. The summed E-state index contributed by atoms with van der Waals surface area (Å²) in [4.78, 5) is 0. The van der Waals surface area contributed by atoms with E-state index in [0.717, 1.165) is 0 Å². The predicted octanol–water partition coefficient (Wildman–Crippen LogP) is 9.95. The molecule has 2 fully saturated rings. The fourth-order valence-electron chi connectivity index (χ4n) is 5.09. The molecule has 0 aromatic heterocycles. The second-order valence-corrected chi connectivity index (χ2v) is 10.1. The number of nitrogens with zero attached hydrogens (tertiary/aromatic N) is 2. The maximum atomic E-state index is 4.88. The van der Waals surface area contributed by atoms with E-state index in [1.54, 1.807) is 0 Å². The van der Waals surface area contributed by atoms with E-state index in [9.17, 15) is 0 Å². The van der Waals surface area contributed by atoms with Crippen LogP contribution in [0.1, 0.15) is 167 Å². The summed E-state index contributed by atoms with van der Waals surface area (Å²) in [7, 11) is 0. The van der Waals surface area contributed by atoms with Crippen LogP contribution in [-0.4, -0.2) is 11.4 Å². The maximum Gasteiger partial charge on any atom is 0.0405 e. The van der Waals surface area contributed by atoms with Gasteiger partial charge in [0.15, 0.2) is 0 Å². The van der Waals surface area contributed by atoms with E-state index in [1.807, 2.05) is 0 Å². The molecule has 0 amide bonds. The Labute approximate surface area is 188 Å². The zero-order valence-corrected chi connectivity index (χ0v) is 20.3. The highest BCUT2D eigenvalue weighted by Gasteiger charge is 2.05. The molecule has 0 bridgehead atoms. The van der Waals surface area contributed by atoms with Crippen LogP contribution in [0.2, 0.25) is 0 Å². The summed E-state index contributed by atoms with van der Waals surface area (Å²) >= 11 is 0. The van der Waals surface area contributed by atoms with Crippen molar-refractivity contribution in [3.63, 3.8) is 0 Å². The molecule has 0 unspecified atom stereocenters. The van der Waals surface area contributed by atoms with Gasteiger partial charge in [0.25, 0.3) is 0 Å². The van der Waals surface area contributed by atoms with Crippen LogP contribution in [0, 0.1) is 0 Å². The lowest BCUT2D eigenvalue weighted by atomic mass is 10.00. The zero-order chi connectivity index (χ0) is 21.0. The lowest BCUT2D eigenvalue weighted by molar-refractivity contribution is 0.542. The fraction of sp³-hybridized carbons (Fsp3) is 0.929. The first-order chi connectivity index (χ1) is 14.9. The van der Waals surface area contributed by atoms with Crippen molar-refractivity contribution in [1.29, 1.82) is 0 Å². The highest BCUT2D eigenvalue weighted by atomic mass is 15.2. The molecular formula is C28H52N2. The standard InChI is InChI=1S/C28H52N2/c1-3-7-11-15-19-23-27(24-20-16-12-8-4-1)29-30-28-25-21-17-13-9-5-2-6-10-14-18-22-26-28/h1-26H2. The molecule has 0 atom stereocenters. The molecule has 0 aromatic rings. The SMILES string of the molecule is C1CCCCCCC(=NN=C2CCCCCCCCCCCCC2)CCCCCC1. The van der Waals surface area contributed by atoms with Gasteiger partial charge in [0, 0.05) is 11.4 Å². The molecule has 2 saturated carbocycles. The van der Waals surface area contributed by atoms with Crippen LogP contribution in [0.5, 0.6) is 0 Å². The molecule has 0 spiro atoms. The van der Waals surface area contributed by atoms with Gasteiger partial charge < -0.3 is 0 Å². The van der Waals surface area contributed by atoms with E-state index < -0.39 is 0 Å². The van der Waals surface area contributed by atoms with Gasteiger partial charge in [-0.3, -0.25) is 0 Å². The zero-order valence-electron chi connectivity index (χ0n) is 20.3. The summed E-state index contributed by atoms with van der Waals surface area (Å²) in [6.07, 6.45) is 35.8. The third kappa shape index (κ3) is 14.4.